The van der Waals surface area contributed by atoms with Crippen molar-refractivity contribution >= 4 is 28.2 Å². The van der Waals surface area contributed by atoms with Crippen LogP contribution in [-0.4, -0.2) is 18.3 Å². The van der Waals surface area contributed by atoms with E-state index in [-0.39, 0.29) is 6.10 Å². The molecule has 2 amide bonds. The second-order valence-electron chi connectivity index (χ2n) is 3.59. The first-order valence-electron chi connectivity index (χ1n) is 5.03. The fourth-order valence-corrected chi connectivity index (χ4v) is 1.61. The van der Waals surface area contributed by atoms with Gasteiger partial charge in [-0.05, 0) is 53.5 Å². The smallest absolute Gasteiger partial charge is 0.332 e. The number of nitrogens with zero attached hydrogens (tertiary/aromatic N) is 1. The highest BCUT2D eigenvalue weighted by Gasteiger charge is 2.03. The van der Waals surface area contributed by atoms with Gasteiger partial charge in [0, 0.05) is 0 Å². The summed E-state index contributed by atoms with van der Waals surface area (Å²) in [7, 11) is 0. The number of hydrogen-bond donors (Lipinski definition) is 2. The second kappa shape index (κ2) is 6.24. The number of carbonyl (C=O) groups is 1. The van der Waals surface area contributed by atoms with Crippen molar-refractivity contribution in [3.8, 4) is 5.75 Å². The van der Waals surface area contributed by atoms with Crippen LogP contribution in [0.3, 0.4) is 0 Å². The standard InChI is InChI=1S/C11H14BrN3O2/c1-7(2)17-10-4-3-8(5-9(10)12)6-14-15-11(13)16/h3-7H,1-2H3,(H3,13,15,16). The van der Waals surface area contributed by atoms with Crippen LogP contribution in [0.2, 0.25) is 0 Å². The molecule has 0 aliphatic carbocycles. The summed E-state index contributed by atoms with van der Waals surface area (Å²) in [6.45, 7) is 3.91. The van der Waals surface area contributed by atoms with Crippen LogP contribution >= 0.6 is 15.9 Å². The van der Waals surface area contributed by atoms with Gasteiger partial charge in [0.25, 0.3) is 0 Å². The molecule has 0 aliphatic rings. The Bertz CT molecular complexity index is 433. The lowest BCUT2D eigenvalue weighted by atomic mass is 10.2. The van der Waals surface area contributed by atoms with E-state index >= 15 is 0 Å². The van der Waals surface area contributed by atoms with E-state index in [1.807, 2.05) is 32.0 Å². The number of hydrazone groups is 1. The Morgan fingerprint density at radius 1 is 1.59 bits per heavy atom. The van der Waals surface area contributed by atoms with Gasteiger partial charge in [-0.3, -0.25) is 0 Å². The van der Waals surface area contributed by atoms with Crippen molar-refractivity contribution in [3.05, 3.63) is 28.2 Å². The maximum absolute atomic E-state index is 10.4. The van der Waals surface area contributed by atoms with Gasteiger partial charge < -0.3 is 10.5 Å². The van der Waals surface area contributed by atoms with E-state index in [2.05, 4.69) is 26.5 Å². The Balaban J connectivity index is 2.74. The fourth-order valence-electron chi connectivity index (χ4n) is 1.12. The van der Waals surface area contributed by atoms with Gasteiger partial charge in [-0.25, -0.2) is 10.2 Å². The lowest BCUT2D eigenvalue weighted by Crippen LogP contribution is -2.24. The van der Waals surface area contributed by atoms with E-state index in [4.69, 9.17) is 10.5 Å². The number of hydrogen-bond acceptors (Lipinski definition) is 3. The molecule has 3 N–H and O–H groups in total. The summed E-state index contributed by atoms with van der Waals surface area (Å²) >= 11 is 3.40. The third-order valence-corrected chi connectivity index (χ3v) is 2.33. The average molecular weight is 300 g/mol. The minimum atomic E-state index is -0.694. The van der Waals surface area contributed by atoms with Gasteiger partial charge in [-0.1, -0.05) is 0 Å². The van der Waals surface area contributed by atoms with Gasteiger partial charge in [0.05, 0.1) is 16.8 Å². The summed E-state index contributed by atoms with van der Waals surface area (Å²) in [4.78, 5) is 10.4. The van der Waals surface area contributed by atoms with Crippen LogP contribution < -0.4 is 15.9 Å². The monoisotopic (exact) mass is 299 g/mol. The molecule has 0 unspecified atom stereocenters. The second-order valence-corrected chi connectivity index (χ2v) is 4.45. The summed E-state index contributed by atoms with van der Waals surface area (Å²) in [6, 6.07) is 4.80. The zero-order chi connectivity index (χ0) is 12.8. The number of nitrogens with one attached hydrogen (secondary N) is 1. The van der Waals surface area contributed by atoms with Gasteiger partial charge in [0.2, 0.25) is 0 Å². The third-order valence-electron chi connectivity index (χ3n) is 1.71. The molecule has 92 valence electrons. The molecule has 0 heterocycles. The third kappa shape index (κ3) is 4.86. The highest BCUT2D eigenvalue weighted by atomic mass is 79.9. The van der Waals surface area contributed by atoms with Gasteiger partial charge in [-0.15, -0.1) is 0 Å². The molecule has 1 rings (SSSR count). The zero-order valence-electron chi connectivity index (χ0n) is 9.61. The van der Waals surface area contributed by atoms with E-state index in [1.165, 1.54) is 6.21 Å². The molecule has 1 aromatic carbocycles. The number of carbonyl (C=O) groups excluding carboxylic acids is 1. The van der Waals surface area contributed by atoms with E-state index < -0.39 is 6.03 Å². The fraction of sp³-hybridized carbons (Fsp3) is 0.273. The number of primary amides is 1. The van der Waals surface area contributed by atoms with Crippen molar-refractivity contribution in [2.75, 3.05) is 0 Å². The first kappa shape index (κ1) is 13.5. The van der Waals surface area contributed by atoms with Gasteiger partial charge in [0.15, 0.2) is 0 Å². The first-order valence-corrected chi connectivity index (χ1v) is 5.83. The molecule has 0 spiro atoms. The topological polar surface area (TPSA) is 76.7 Å². The van der Waals surface area contributed by atoms with Gasteiger partial charge in [-0.2, -0.15) is 5.10 Å². The summed E-state index contributed by atoms with van der Waals surface area (Å²) in [6.07, 6.45) is 1.61. The molecule has 0 radical (unpaired) electrons. The first-order chi connectivity index (χ1) is 7.99. The average Bonchev–Trinajstić information content (AvgIpc) is 2.21. The van der Waals surface area contributed by atoms with E-state index in [0.717, 1.165) is 15.8 Å². The lowest BCUT2D eigenvalue weighted by Gasteiger charge is -2.11. The van der Waals surface area contributed by atoms with Crippen LogP contribution in [0.5, 0.6) is 5.75 Å². The quantitative estimate of drug-likeness (QED) is 0.661. The molecule has 0 fully saturated rings. The number of ether oxygens (including phenoxy) is 1. The number of nitrogens with two attached hydrogens (primary N) is 1. The van der Waals surface area contributed by atoms with Crippen LogP contribution in [0, 0.1) is 0 Å². The number of amides is 2. The maximum atomic E-state index is 10.4. The van der Waals surface area contributed by atoms with Crippen molar-refractivity contribution in [1.82, 2.24) is 5.43 Å². The molecular weight excluding hydrogens is 286 g/mol. The minimum absolute atomic E-state index is 0.113. The highest BCUT2D eigenvalue weighted by Crippen LogP contribution is 2.26. The number of rotatable bonds is 4. The number of benzene rings is 1. The number of urea groups is 1. The summed E-state index contributed by atoms with van der Waals surface area (Å²) in [5.41, 5.74) is 7.82. The maximum Gasteiger partial charge on any atom is 0.332 e. The minimum Gasteiger partial charge on any atom is -0.490 e. The lowest BCUT2D eigenvalue weighted by molar-refractivity contribution is 0.241. The molecule has 0 saturated carbocycles. The summed E-state index contributed by atoms with van der Waals surface area (Å²) in [5, 5.41) is 3.66. The molecular formula is C11H14BrN3O2. The van der Waals surface area contributed by atoms with Crippen LogP contribution in [0.15, 0.2) is 27.8 Å². The van der Waals surface area contributed by atoms with Crippen LogP contribution in [0.4, 0.5) is 4.79 Å². The van der Waals surface area contributed by atoms with Crippen LogP contribution in [-0.2, 0) is 0 Å². The molecule has 0 bridgehead atoms. The zero-order valence-corrected chi connectivity index (χ0v) is 11.2. The predicted octanol–water partition coefficient (Wildman–Crippen LogP) is 2.24. The van der Waals surface area contributed by atoms with Crippen molar-refractivity contribution in [1.29, 1.82) is 0 Å². The van der Waals surface area contributed by atoms with Crippen LogP contribution in [0.1, 0.15) is 19.4 Å². The molecule has 6 heteroatoms. The summed E-state index contributed by atoms with van der Waals surface area (Å²) in [5.74, 6) is 0.764. The Hall–Kier alpha value is -1.56. The van der Waals surface area contributed by atoms with Crippen LogP contribution in [0.25, 0.3) is 0 Å². The van der Waals surface area contributed by atoms with Crippen molar-refractivity contribution in [3.63, 3.8) is 0 Å². The highest BCUT2D eigenvalue weighted by molar-refractivity contribution is 9.10. The van der Waals surface area contributed by atoms with Crippen molar-refractivity contribution in [2.24, 2.45) is 10.8 Å². The van der Waals surface area contributed by atoms with Crippen molar-refractivity contribution in [2.45, 2.75) is 20.0 Å². The molecule has 1 aromatic rings. The van der Waals surface area contributed by atoms with Gasteiger partial charge >= 0.3 is 6.03 Å². The normalized spacial score (nSPS) is 10.8. The SMILES string of the molecule is CC(C)Oc1ccc(C=NNC(N)=O)cc1Br. The number of halogens is 1. The predicted molar refractivity (Wildman–Crippen MR) is 70.2 cm³/mol. The Morgan fingerprint density at radius 2 is 2.29 bits per heavy atom. The molecule has 0 atom stereocenters. The van der Waals surface area contributed by atoms with Gasteiger partial charge in [0.1, 0.15) is 5.75 Å². The summed E-state index contributed by atoms with van der Waals surface area (Å²) < 4.78 is 6.39. The van der Waals surface area contributed by atoms with E-state index in [0.29, 0.717) is 0 Å². The molecule has 17 heavy (non-hydrogen) atoms. The van der Waals surface area contributed by atoms with E-state index in [1.54, 1.807) is 0 Å². The molecule has 0 saturated heterocycles. The molecule has 0 aromatic heterocycles. The Labute approximate surface area is 108 Å². The Morgan fingerprint density at radius 3 is 2.82 bits per heavy atom. The van der Waals surface area contributed by atoms with E-state index in [9.17, 15) is 4.79 Å². The largest absolute Gasteiger partial charge is 0.490 e. The van der Waals surface area contributed by atoms with Crippen molar-refractivity contribution < 1.29 is 9.53 Å². The Kier molecular flexibility index (Phi) is 4.96. The molecule has 0 aliphatic heterocycles. The molecule has 5 nitrogen and oxygen atoms in total.